The molecule has 1 amide bonds. The highest BCUT2D eigenvalue weighted by Crippen LogP contribution is 2.44. The van der Waals surface area contributed by atoms with E-state index in [9.17, 15) is 9.18 Å². The molecule has 172 valence electrons. The Morgan fingerprint density at radius 1 is 1.00 bits per heavy atom. The molecule has 0 saturated carbocycles. The number of rotatable bonds is 3. The molecule has 1 aliphatic carbocycles. The number of fused-ring (bicyclic) bond motifs is 5. The van der Waals surface area contributed by atoms with E-state index >= 15 is 0 Å². The molecule has 2 heterocycles. The van der Waals surface area contributed by atoms with E-state index in [1.54, 1.807) is 17.0 Å². The maximum atomic E-state index is 14.5. The van der Waals surface area contributed by atoms with Crippen LogP contribution in [-0.4, -0.2) is 42.9 Å². The predicted molar refractivity (Wildman–Crippen MR) is 129 cm³/mol. The van der Waals surface area contributed by atoms with E-state index in [0.717, 1.165) is 5.57 Å². The molecular formula is C28H23ClFNO3. The highest BCUT2D eigenvalue weighted by molar-refractivity contribution is 6.30. The second-order valence-electron chi connectivity index (χ2n) is 8.99. The van der Waals surface area contributed by atoms with Gasteiger partial charge in [0.15, 0.2) is 0 Å². The second kappa shape index (κ2) is 8.57. The molecule has 1 fully saturated rings. The first kappa shape index (κ1) is 21.4. The predicted octanol–water partition coefficient (Wildman–Crippen LogP) is 6.28. The number of carbonyl (C=O) groups is 1. The van der Waals surface area contributed by atoms with Gasteiger partial charge < -0.3 is 9.47 Å². The molecule has 0 N–H and O–H groups in total. The largest absolute Gasteiger partial charge is 0.448 e. The van der Waals surface area contributed by atoms with Gasteiger partial charge in [-0.1, -0.05) is 72.3 Å². The number of amides is 1. The van der Waals surface area contributed by atoms with Crippen molar-refractivity contribution in [3.8, 4) is 11.1 Å². The first-order valence-electron chi connectivity index (χ1n) is 11.5. The lowest BCUT2D eigenvalue weighted by molar-refractivity contribution is -0.0331. The topological polar surface area (TPSA) is 38.8 Å². The van der Waals surface area contributed by atoms with Gasteiger partial charge in [-0.05, 0) is 46.4 Å². The number of hydrogen-bond donors (Lipinski definition) is 0. The lowest BCUT2D eigenvalue weighted by atomic mass is 9.90. The van der Waals surface area contributed by atoms with Gasteiger partial charge in [-0.2, -0.15) is 0 Å². The minimum Gasteiger partial charge on any atom is -0.448 e. The summed E-state index contributed by atoms with van der Waals surface area (Å²) in [5.74, 6) is -0.348. The van der Waals surface area contributed by atoms with Gasteiger partial charge >= 0.3 is 6.09 Å². The summed E-state index contributed by atoms with van der Waals surface area (Å²) in [5, 5.41) is 0.362. The fourth-order valence-electron chi connectivity index (χ4n) is 5.50. The molecule has 3 aromatic carbocycles. The van der Waals surface area contributed by atoms with Crippen LogP contribution in [0.15, 0.2) is 72.8 Å². The zero-order valence-electron chi connectivity index (χ0n) is 18.4. The van der Waals surface area contributed by atoms with Crippen LogP contribution in [0.5, 0.6) is 0 Å². The minimum absolute atomic E-state index is 0.00602. The molecule has 34 heavy (non-hydrogen) atoms. The summed E-state index contributed by atoms with van der Waals surface area (Å²) < 4.78 is 26.2. The van der Waals surface area contributed by atoms with Gasteiger partial charge in [-0.15, -0.1) is 0 Å². The van der Waals surface area contributed by atoms with Gasteiger partial charge in [-0.25, -0.2) is 9.18 Å². The van der Waals surface area contributed by atoms with Gasteiger partial charge in [0.25, 0.3) is 0 Å². The number of ether oxygens (including phenoxy) is 2. The Kier molecular flexibility index (Phi) is 5.39. The van der Waals surface area contributed by atoms with Crippen LogP contribution in [0.2, 0.25) is 5.02 Å². The van der Waals surface area contributed by atoms with E-state index in [4.69, 9.17) is 21.1 Å². The van der Waals surface area contributed by atoms with E-state index in [1.165, 1.54) is 28.3 Å². The van der Waals surface area contributed by atoms with E-state index in [2.05, 4.69) is 24.3 Å². The molecule has 2 atom stereocenters. The summed E-state index contributed by atoms with van der Waals surface area (Å²) in [4.78, 5) is 15.0. The van der Waals surface area contributed by atoms with Gasteiger partial charge in [-0.3, -0.25) is 4.90 Å². The molecule has 0 radical (unpaired) electrons. The maximum Gasteiger partial charge on any atom is 0.410 e. The molecule has 4 nitrogen and oxygen atoms in total. The van der Waals surface area contributed by atoms with Crippen LogP contribution in [0.1, 0.15) is 29.0 Å². The molecular weight excluding hydrogens is 453 g/mol. The van der Waals surface area contributed by atoms with E-state index in [-0.39, 0.29) is 36.5 Å². The van der Waals surface area contributed by atoms with E-state index in [0.29, 0.717) is 30.2 Å². The van der Waals surface area contributed by atoms with Crippen molar-refractivity contribution in [3.63, 3.8) is 0 Å². The van der Waals surface area contributed by atoms with Crippen LogP contribution in [0.3, 0.4) is 0 Å². The normalized spacial score (nSPS) is 21.0. The average Bonchev–Trinajstić information content (AvgIpc) is 3.15. The third-order valence-electron chi connectivity index (χ3n) is 7.02. The molecule has 1 saturated heterocycles. The van der Waals surface area contributed by atoms with Gasteiger partial charge in [0, 0.05) is 16.5 Å². The van der Waals surface area contributed by atoms with Crippen molar-refractivity contribution in [1.29, 1.82) is 0 Å². The third-order valence-corrected chi connectivity index (χ3v) is 7.26. The molecule has 0 aromatic heterocycles. The van der Waals surface area contributed by atoms with Crippen molar-refractivity contribution in [3.05, 3.63) is 100 Å². The summed E-state index contributed by atoms with van der Waals surface area (Å²) in [6, 6.07) is 20.8. The molecule has 2 aliphatic heterocycles. The Morgan fingerprint density at radius 3 is 2.38 bits per heavy atom. The Balaban J connectivity index is 1.23. The summed E-state index contributed by atoms with van der Waals surface area (Å²) in [5.41, 5.74) is 6.14. The monoisotopic (exact) mass is 475 g/mol. The lowest BCUT2D eigenvalue weighted by Crippen LogP contribution is -2.56. The summed E-state index contributed by atoms with van der Waals surface area (Å²) in [6.07, 6.45) is 2.06. The highest BCUT2D eigenvalue weighted by Gasteiger charge is 2.40. The number of hydrogen-bond acceptors (Lipinski definition) is 3. The van der Waals surface area contributed by atoms with Crippen LogP contribution < -0.4 is 0 Å². The van der Waals surface area contributed by atoms with Gasteiger partial charge in [0.2, 0.25) is 0 Å². The summed E-state index contributed by atoms with van der Waals surface area (Å²) in [7, 11) is 0. The SMILES string of the molecule is O=C(OCC1c2ccccc2-c2ccccc21)N1C2C=C(c3ccc(Cl)cc3F)CC1COC2. The van der Waals surface area contributed by atoms with Gasteiger partial charge in [0.1, 0.15) is 12.4 Å². The van der Waals surface area contributed by atoms with Crippen molar-refractivity contribution in [2.45, 2.75) is 24.4 Å². The third kappa shape index (κ3) is 3.60. The Morgan fingerprint density at radius 2 is 1.71 bits per heavy atom. The average molecular weight is 476 g/mol. The Bertz CT molecular complexity index is 1260. The lowest BCUT2D eigenvalue weighted by Gasteiger charge is -2.44. The Labute approximate surface area is 202 Å². The zero-order chi connectivity index (χ0) is 23.2. The van der Waals surface area contributed by atoms with Crippen molar-refractivity contribution in [2.24, 2.45) is 0 Å². The first-order chi connectivity index (χ1) is 16.6. The molecule has 2 bridgehead atoms. The fraction of sp³-hybridized carbons (Fsp3) is 0.250. The first-order valence-corrected chi connectivity index (χ1v) is 11.8. The van der Waals surface area contributed by atoms with Gasteiger partial charge in [0.05, 0.1) is 25.3 Å². The second-order valence-corrected chi connectivity index (χ2v) is 9.43. The molecule has 6 heteroatoms. The van der Waals surface area contributed by atoms with Crippen LogP contribution >= 0.6 is 11.6 Å². The van der Waals surface area contributed by atoms with Crippen LogP contribution in [-0.2, 0) is 9.47 Å². The van der Waals surface area contributed by atoms with E-state index < -0.39 is 0 Å². The van der Waals surface area contributed by atoms with Crippen molar-refractivity contribution in [1.82, 2.24) is 4.90 Å². The molecule has 3 aliphatic rings. The highest BCUT2D eigenvalue weighted by atomic mass is 35.5. The number of nitrogens with zero attached hydrogens (tertiary/aromatic N) is 1. The Hall–Kier alpha value is -3.15. The minimum atomic E-state index is -0.355. The smallest absolute Gasteiger partial charge is 0.410 e. The summed E-state index contributed by atoms with van der Waals surface area (Å²) >= 11 is 5.92. The number of morpholine rings is 1. The molecule has 6 rings (SSSR count). The maximum absolute atomic E-state index is 14.5. The fourth-order valence-corrected chi connectivity index (χ4v) is 5.66. The number of benzene rings is 3. The van der Waals surface area contributed by atoms with Crippen LogP contribution in [0.4, 0.5) is 9.18 Å². The summed E-state index contributed by atoms with van der Waals surface area (Å²) in [6.45, 7) is 1.03. The molecule has 2 unspecified atom stereocenters. The van der Waals surface area contributed by atoms with E-state index in [1.807, 2.05) is 30.3 Å². The zero-order valence-corrected chi connectivity index (χ0v) is 19.2. The number of carbonyl (C=O) groups excluding carboxylic acids is 1. The number of halogens is 2. The molecule has 3 aromatic rings. The quantitative estimate of drug-likeness (QED) is 0.447. The van der Waals surface area contributed by atoms with Crippen LogP contribution in [0.25, 0.3) is 16.7 Å². The standard InChI is InChI=1S/C28H23ClFNO3/c29-18-9-10-21(27(30)13-18)17-11-19-14-33-15-20(12-17)31(19)28(32)34-16-26-24-7-3-1-5-22(24)23-6-2-4-8-25(23)26/h1-11,13,19-20,26H,12,14-16H2. The van der Waals surface area contributed by atoms with Crippen molar-refractivity contribution < 1.29 is 18.7 Å². The van der Waals surface area contributed by atoms with Crippen molar-refractivity contribution in [2.75, 3.05) is 19.8 Å². The van der Waals surface area contributed by atoms with Crippen molar-refractivity contribution >= 4 is 23.3 Å². The van der Waals surface area contributed by atoms with Crippen LogP contribution in [0, 0.1) is 5.82 Å². The molecule has 0 spiro atoms.